The summed E-state index contributed by atoms with van der Waals surface area (Å²) in [5, 5.41) is 1.26. The smallest absolute Gasteiger partial charge is 0.209 e. The van der Waals surface area contributed by atoms with Crippen molar-refractivity contribution < 1.29 is 16.8 Å². The van der Waals surface area contributed by atoms with E-state index >= 15 is 0 Å². The Kier molecular flexibility index (Phi) is 6.70. The Labute approximate surface area is 100 Å². The Balaban J connectivity index is 4.24. The maximum absolute atomic E-state index is 11.2. The number of hydrogen-bond acceptors (Lipinski definition) is 5. The average molecular weight is 282 g/mol. The fraction of sp³-hybridized carbons (Fsp3) is 0.333. The second-order valence-electron chi connectivity index (χ2n) is 2.85. The fourth-order valence-corrected chi connectivity index (χ4v) is 3.73. The first-order valence-electron chi connectivity index (χ1n) is 4.31. The second kappa shape index (κ2) is 6.93. The van der Waals surface area contributed by atoms with Crippen LogP contribution in [0.15, 0.2) is 36.8 Å². The molecule has 0 saturated carbocycles. The summed E-state index contributed by atoms with van der Waals surface area (Å²) >= 11 is 0. The Morgan fingerprint density at radius 1 is 0.938 bits per heavy atom. The molecule has 0 amide bonds. The van der Waals surface area contributed by atoms with E-state index < -0.39 is 18.7 Å². The molecule has 0 aliphatic carbocycles. The summed E-state index contributed by atoms with van der Waals surface area (Å²) in [5.41, 5.74) is 0. The van der Waals surface area contributed by atoms with Crippen LogP contribution >= 0.6 is 10.8 Å². The van der Waals surface area contributed by atoms with Crippen LogP contribution < -0.4 is 0 Å². The molecule has 0 fully saturated rings. The van der Waals surface area contributed by atoms with E-state index in [1.165, 1.54) is 23.6 Å². The van der Waals surface area contributed by atoms with Crippen molar-refractivity contribution in [3.63, 3.8) is 0 Å². The maximum atomic E-state index is 11.2. The molecule has 16 heavy (non-hydrogen) atoms. The highest BCUT2D eigenvalue weighted by Gasteiger charge is 2.07. The highest BCUT2D eigenvalue weighted by Crippen LogP contribution is 2.14. The van der Waals surface area contributed by atoms with Crippen LogP contribution in [0.1, 0.15) is 0 Å². The zero-order valence-electron chi connectivity index (χ0n) is 8.70. The van der Waals surface area contributed by atoms with Gasteiger partial charge in [0.05, 0.1) is 17.3 Å². The van der Waals surface area contributed by atoms with Crippen LogP contribution in [-0.2, 0) is 18.7 Å². The van der Waals surface area contributed by atoms with Gasteiger partial charge in [-0.15, -0.1) is 13.2 Å². The van der Waals surface area contributed by atoms with Crippen LogP contribution in [-0.4, -0.2) is 34.1 Å². The van der Waals surface area contributed by atoms with Gasteiger partial charge in [-0.25, -0.2) is 16.8 Å². The molecule has 0 radical (unpaired) electrons. The largest absolute Gasteiger partial charge is 0.228 e. The molecule has 0 heterocycles. The Hall–Kier alpha value is -0.530. The van der Waals surface area contributed by atoms with E-state index in [2.05, 4.69) is 13.2 Å². The van der Waals surface area contributed by atoms with Crippen LogP contribution in [0.4, 0.5) is 0 Å². The lowest BCUT2D eigenvalue weighted by molar-refractivity contribution is 0.601. The number of sulfone groups is 1. The van der Waals surface area contributed by atoms with E-state index in [9.17, 15) is 16.8 Å². The molecular weight excluding hydrogens is 268 g/mol. The van der Waals surface area contributed by atoms with Gasteiger partial charge in [-0.05, 0) is 16.2 Å². The molecule has 7 heteroatoms. The van der Waals surface area contributed by atoms with Crippen LogP contribution in [0, 0.1) is 0 Å². The van der Waals surface area contributed by atoms with Crippen molar-refractivity contribution in [2.24, 2.45) is 0 Å². The van der Waals surface area contributed by atoms with Gasteiger partial charge in [-0.1, -0.05) is 18.2 Å². The summed E-state index contributed by atoms with van der Waals surface area (Å²) in [7, 11) is -5.87. The van der Waals surface area contributed by atoms with Gasteiger partial charge in [-0.3, -0.25) is 0 Å². The standard InChI is InChI=1S/C9H14O4S3/c1-3-7-15(10,11)9-5-6-14-16(12,13)8-4-2/h3-6H,1-2,7-9H2. The predicted octanol–water partition coefficient (Wildman–Crippen LogP) is 1.35. The van der Waals surface area contributed by atoms with Crippen LogP contribution in [0.3, 0.4) is 0 Å². The van der Waals surface area contributed by atoms with Crippen LogP contribution in [0.2, 0.25) is 0 Å². The maximum Gasteiger partial charge on any atom is 0.209 e. The van der Waals surface area contributed by atoms with Crippen molar-refractivity contribution in [1.29, 1.82) is 0 Å². The van der Waals surface area contributed by atoms with E-state index in [1.54, 1.807) is 0 Å². The van der Waals surface area contributed by atoms with Crippen molar-refractivity contribution in [3.8, 4) is 0 Å². The fourth-order valence-electron chi connectivity index (χ4n) is 0.741. The summed E-state index contributed by atoms with van der Waals surface area (Å²) in [6.07, 6.45) is 3.89. The summed E-state index contributed by atoms with van der Waals surface area (Å²) < 4.78 is 44.7. The van der Waals surface area contributed by atoms with E-state index in [0.29, 0.717) is 10.8 Å². The van der Waals surface area contributed by atoms with Gasteiger partial charge in [0.1, 0.15) is 0 Å². The first-order valence-corrected chi connectivity index (χ1v) is 9.18. The molecule has 0 rings (SSSR count). The molecule has 0 N–H and O–H groups in total. The van der Waals surface area contributed by atoms with Crippen LogP contribution in [0.25, 0.3) is 0 Å². The van der Waals surface area contributed by atoms with Crippen molar-refractivity contribution in [1.82, 2.24) is 0 Å². The lowest BCUT2D eigenvalue weighted by Gasteiger charge is -1.96. The first-order chi connectivity index (χ1) is 7.33. The van der Waals surface area contributed by atoms with Crippen molar-refractivity contribution in [2.75, 3.05) is 17.3 Å². The molecule has 4 nitrogen and oxygen atoms in total. The van der Waals surface area contributed by atoms with Gasteiger partial charge < -0.3 is 0 Å². The molecular formula is C9H14O4S3. The zero-order chi connectivity index (χ0) is 12.7. The number of hydrogen-bond donors (Lipinski definition) is 0. The lowest BCUT2D eigenvalue weighted by atomic mass is 10.7. The normalized spacial score (nSPS) is 12.8. The van der Waals surface area contributed by atoms with Crippen molar-refractivity contribution in [3.05, 3.63) is 36.8 Å². The molecule has 0 bridgehead atoms. The van der Waals surface area contributed by atoms with Crippen molar-refractivity contribution >= 4 is 29.5 Å². The summed E-state index contributed by atoms with van der Waals surface area (Å²) in [6.45, 7) is 6.64. The van der Waals surface area contributed by atoms with Gasteiger partial charge in [0.25, 0.3) is 0 Å². The highest BCUT2D eigenvalue weighted by atomic mass is 33.1. The highest BCUT2D eigenvalue weighted by molar-refractivity contribution is 8.73. The van der Waals surface area contributed by atoms with Gasteiger partial charge >= 0.3 is 0 Å². The average Bonchev–Trinajstić information content (AvgIpc) is 2.12. The number of rotatable bonds is 8. The molecule has 0 aromatic carbocycles. The molecule has 0 atom stereocenters. The topological polar surface area (TPSA) is 68.3 Å². The molecule has 0 aliphatic heterocycles. The minimum Gasteiger partial charge on any atom is -0.228 e. The van der Waals surface area contributed by atoms with E-state index in [-0.39, 0.29) is 17.3 Å². The Morgan fingerprint density at radius 2 is 1.50 bits per heavy atom. The molecule has 92 valence electrons. The van der Waals surface area contributed by atoms with Crippen molar-refractivity contribution in [2.45, 2.75) is 0 Å². The van der Waals surface area contributed by atoms with Gasteiger partial charge in [0, 0.05) is 0 Å². The minimum absolute atomic E-state index is 0.110. The third-order valence-electron chi connectivity index (χ3n) is 1.34. The summed E-state index contributed by atoms with van der Waals surface area (Å²) in [5.74, 6) is -0.432. The van der Waals surface area contributed by atoms with E-state index in [4.69, 9.17) is 0 Å². The molecule has 0 spiro atoms. The van der Waals surface area contributed by atoms with Gasteiger partial charge in [0.15, 0.2) is 9.84 Å². The molecule has 0 aromatic heterocycles. The Bertz CT molecular complexity index is 413. The Morgan fingerprint density at radius 3 is 2.00 bits per heavy atom. The SMILES string of the molecule is C=CCS(=O)(=O)CC=CSS(=O)(=O)CC=C. The predicted molar refractivity (Wildman–Crippen MR) is 69.6 cm³/mol. The zero-order valence-corrected chi connectivity index (χ0v) is 11.2. The first kappa shape index (κ1) is 15.5. The van der Waals surface area contributed by atoms with Gasteiger partial charge in [-0.2, -0.15) is 0 Å². The quantitative estimate of drug-likeness (QED) is 0.496. The second-order valence-corrected chi connectivity index (χ2v) is 9.01. The van der Waals surface area contributed by atoms with E-state index in [1.807, 2.05) is 0 Å². The lowest BCUT2D eigenvalue weighted by Crippen LogP contribution is -2.06. The monoisotopic (exact) mass is 282 g/mol. The van der Waals surface area contributed by atoms with Crippen LogP contribution in [0.5, 0.6) is 0 Å². The summed E-state index contributed by atoms with van der Waals surface area (Å²) in [4.78, 5) is 0. The van der Waals surface area contributed by atoms with E-state index in [0.717, 1.165) is 0 Å². The minimum atomic E-state index is -3.26. The third kappa shape index (κ3) is 7.72. The molecule has 0 unspecified atom stereocenters. The van der Waals surface area contributed by atoms with Gasteiger partial charge in [0.2, 0.25) is 8.87 Å². The molecule has 0 aromatic rings. The molecule has 0 aliphatic rings. The summed E-state index contributed by atoms with van der Waals surface area (Å²) in [6, 6.07) is 0. The molecule has 0 saturated heterocycles. The third-order valence-corrected chi connectivity index (χ3v) is 5.65.